The summed E-state index contributed by atoms with van der Waals surface area (Å²) in [4.78, 5) is 18.0. The Labute approximate surface area is 283 Å². The van der Waals surface area contributed by atoms with E-state index in [4.69, 9.17) is 18.9 Å². The lowest BCUT2D eigenvalue weighted by atomic mass is 9.99. The van der Waals surface area contributed by atoms with E-state index in [-0.39, 0.29) is 49.1 Å². The van der Waals surface area contributed by atoms with Gasteiger partial charge in [-0.1, -0.05) is 37.3 Å². The van der Waals surface area contributed by atoms with Crippen LogP contribution in [-0.2, 0) is 35.4 Å². The fourth-order valence-corrected chi connectivity index (χ4v) is 8.90. The maximum absolute atomic E-state index is 14.2. The molecule has 48 heavy (non-hydrogen) atoms. The van der Waals surface area contributed by atoms with Crippen LogP contribution in [-0.4, -0.2) is 97.5 Å². The van der Waals surface area contributed by atoms with Crippen LogP contribution in [0, 0.1) is 11.7 Å². The molecule has 5 unspecified atom stereocenters. The SMILES string of the molecule is CC(C)CCN(C[C@@H](O)[C@H](Cc1ccc(F)cc1)NC(=O)OC1C2COC3OC1CC3O2)S(=O)(=O)c1ccc2nc(NC3CC3)sc2c1. The second-order valence-electron chi connectivity index (χ2n) is 13.5. The summed E-state index contributed by atoms with van der Waals surface area (Å²) >= 11 is 1.41. The van der Waals surface area contributed by atoms with Crippen molar-refractivity contribution in [3.05, 3.63) is 53.8 Å². The molecule has 7 atom stereocenters. The molecule has 1 aromatic heterocycles. The monoisotopic (exact) mass is 704 g/mol. The van der Waals surface area contributed by atoms with Gasteiger partial charge in [0.05, 0.1) is 33.9 Å². The molecule has 4 heterocycles. The van der Waals surface area contributed by atoms with Crippen LogP contribution >= 0.6 is 11.3 Å². The number of nitrogens with one attached hydrogen (secondary N) is 2. The van der Waals surface area contributed by atoms with Gasteiger partial charge in [-0.2, -0.15) is 4.31 Å². The summed E-state index contributed by atoms with van der Waals surface area (Å²) in [6, 6.07) is 10.0. The molecule has 0 radical (unpaired) electrons. The third kappa shape index (κ3) is 7.47. The van der Waals surface area contributed by atoms with Crippen molar-refractivity contribution in [1.82, 2.24) is 14.6 Å². The highest BCUT2D eigenvalue weighted by Crippen LogP contribution is 2.39. The van der Waals surface area contributed by atoms with Crippen LogP contribution in [0.3, 0.4) is 0 Å². The fraction of sp³-hybridized carbons (Fsp3) is 0.576. The molecule has 260 valence electrons. The topological polar surface area (TPSA) is 149 Å². The molecule has 3 N–H and O–H groups in total. The number of alkyl carbamates (subject to hydrolysis) is 1. The molecule has 3 aromatic rings. The molecule has 0 spiro atoms. The van der Waals surface area contributed by atoms with E-state index in [1.54, 1.807) is 24.3 Å². The Morgan fingerprint density at radius 2 is 1.94 bits per heavy atom. The predicted octanol–water partition coefficient (Wildman–Crippen LogP) is 4.03. The summed E-state index contributed by atoms with van der Waals surface area (Å²) in [6.45, 7) is 4.08. The van der Waals surface area contributed by atoms with Gasteiger partial charge in [-0.05, 0) is 67.5 Å². The maximum atomic E-state index is 14.2. The maximum Gasteiger partial charge on any atom is 0.407 e. The molecule has 15 heteroatoms. The van der Waals surface area contributed by atoms with E-state index >= 15 is 0 Å². The highest BCUT2D eigenvalue weighted by molar-refractivity contribution is 7.89. The van der Waals surface area contributed by atoms with Crippen molar-refractivity contribution in [3.8, 4) is 0 Å². The molecule has 2 aromatic carbocycles. The number of benzene rings is 2. The van der Waals surface area contributed by atoms with E-state index in [0.29, 0.717) is 30.0 Å². The lowest BCUT2D eigenvalue weighted by Crippen LogP contribution is -2.55. The number of carbonyl (C=O) groups excluding carboxylic acids is 1. The van der Waals surface area contributed by atoms with Gasteiger partial charge < -0.3 is 34.7 Å². The Morgan fingerprint density at radius 3 is 2.69 bits per heavy atom. The van der Waals surface area contributed by atoms with E-state index in [1.165, 1.54) is 33.8 Å². The molecule has 7 rings (SSSR count). The van der Waals surface area contributed by atoms with Gasteiger partial charge in [0, 0.05) is 25.6 Å². The van der Waals surface area contributed by atoms with Crippen LogP contribution in [0.5, 0.6) is 0 Å². The smallest absolute Gasteiger partial charge is 0.407 e. The minimum atomic E-state index is -4.07. The number of carbonyl (C=O) groups is 1. The standard InChI is InChI=1S/C33H41FN4O8S2/c1-18(2)11-12-38(48(41,42)22-9-10-23-29(14-22)47-32(36-23)35-21-7-8-21)16-25(39)24(13-19-3-5-20(34)6-4-19)37-33(40)46-30-26-15-27-31(45-26)43-17-28(30)44-27/h3-6,9-10,14,18,21,24-28,30-31,39H,7-8,11-13,15-17H2,1-2H3,(H,35,36)(H,37,40)/t24-,25+,26?,27?,28?,30?,31?/m0/s1. The van der Waals surface area contributed by atoms with Gasteiger partial charge in [0.15, 0.2) is 17.5 Å². The number of rotatable bonds is 14. The Bertz CT molecular complexity index is 1710. The van der Waals surface area contributed by atoms with Gasteiger partial charge in [-0.3, -0.25) is 0 Å². The van der Waals surface area contributed by atoms with Crippen LogP contribution in [0.4, 0.5) is 14.3 Å². The van der Waals surface area contributed by atoms with Crippen molar-refractivity contribution >= 4 is 42.8 Å². The van der Waals surface area contributed by atoms with E-state index in [9.17, 15) is 22.7 Å². The van der Waals surface area contributed by atoms with E-state index in [1.807, 2.05) is 13.8 Å². The van der Waals surface area contributed by atoms with Crippen molar-refractivity contribution in [2.45, 2.75) is 99.7 Å². The summed E-state index contributed by atoms with van der Waals surface area (Å²) in [5, 5.41) is 18.6. The Balaban J connectivity index is 1.10. The number of fused-ring (bicyclic) bond motifs is 3. The number of thiazole rings is 1. The van der Waals surface area contributed by atoms with Crippen LogP contribution in [0.2, 0.25) is 0 Å². The first kappa shape index (κ1) is 33.6. The number of amides is 1. The minimum absolute atomic E-state index is 0.0932. The first-order chi connectivity index (χ1) is 23.0. The second-order valence-corrected chi connectivity index (χ2v) is 16.4. The summed E-state index contributed by atoms with van der Waals surface area (Å²) in [5.74, 6) is -0.232. The fourth-order valence-electron chi connectivity index (χ4n) is 6.34. The largest absolute Gasteiger partial charge is 0.441 e. The van der Waals surface area contributed by atoms with Crippen molar-refractivity contribution < 1.29 is 41.7 Å². The lowest BCUT2D eigenvalue weighted by Gasteiger charge is -2.37. The predicted molar refractivity (Wildman–Crippen MR) is 176 cm³/mol. The van der Waals surface area contributed by atoms with Crippen molar-refractivity contribution in [2.75, 3.05) is 25.0 Å². The first-order valence-corrected chi connectivity index (χ1v) is 18.8. The molecule has 3 saturated heterocycles. The summed E-state index contributed by atoms with van der Waals surface area (Å²) in [5.41, 5.74) is 1.35. The zero-order valence-electron chi connectivity index (χ0n) is 26.8. The van der Waals surface area contributed by atoms with Gasteiger partial charge in [0.2, 0.25) is 10.0 Å². The van der Waals surface area contributed by atoms with E-state index in [0.717, 1.165) is 22.7 Å². The number of aromatic nitrogens is 1. The first-order valence-electron chi connectivity index (χ1n) is 16.5. The Hall–Kier alpha value is -2.92. The van der Waals surface area contributed by atoms with Crippen LogP contribution in [0.1, 0.15) is 45.1 Å². The second kappa shape index (κ2) is 13.8. The number of anilines is 1. The quantitative estimate of drug-likeness (QED) is 0.225. The summed E-state index contributed by atoms with van der Waals surface area (Å²) in [6.07, 6.45) is -1.02. The van der Waals surface area contributed by atoms with E-state index in [2.05, 4.69) is 15.6 Å². The van der Waals surface area contributed by atoms with Gasteiger partial charge in [0.25, 0.3) is 0 Å². The zero-order chi connectivity index (χ0) is 33.6. The summed E-state index contributed by atoms with van der Waals surface area (Å²) < 4.78 is 67.3. The molecular formula is C33H41FN4O8S2. The molecule has 4 aliphatic rings. The number of sulfonamides is 1. The van der Waals surface area contributed by atoms with Crippen LogP contribution in [0.25, 0.3) is 10.2 Å². The van der Waals surface area contributed by atoms with Gasteiger partial charge in [0.1, 0.15) is 24.1 Å². The number of ether oxygens (including phenoxy) is 4. The third-order valence-corrected chi connectivity index (χ3v) is 12.0. The molecule has 3 aliphatic heterocycles. The Kier molecular flexibility index (Phi) is 9.63. The average molecular weight is 705 g/mol. The number of hydrogen-bond acceptors (Lipinski definition) is 11. The number of nitrogens with zero attached hydrogens (tertiary/aromatic N) is 2. The highest BCUT2D eigenvalue weighted by Gasteiger charge is 2.55. The van der Waals surface area contributed by atoms with Crippen molar-refractivity contribution in [3.63, 3.8) is 0 Å². The molecule has 3 bridgehead atoms. The molecule has 1 saturated carbocycles. The van der Waals surface area contributed by atoms with Gasteiger partial charge in [-0.25, -0.2) is 22.6 Å². The number of aliphatic hydroxyl groups is 1. The van der Waals surface area contributed by atoms with Crippen LogP contribution < -0.4 is 10.6 Å². The van der Waals surface area contributed by atoms with Gasteiger partial charge in [-0.15, -0.1) is 0 Å². The molecule has 12 nitrogen and oxygen atoms in total. The minimum Gasteiger partial charge on any atom is -0.441 e. The lowest BCUT2D eigenvalue weighted by molar-refractivity contribution is -0.226. The highest BCUT2D eigenvalue weighted by atomic mass is 32.2. The number of halogens is 1. The number of hydrogen-bond donors (Lipinski definition) is 3. The van der Waals surface area contributed by atoms with Crippen molar-refractivity contribution in [2.24, 2.45) is 5.92 Å². The van der Waals surface area contributed by atoms with E-state index < -0.39 is 52.6 Å². The number of aliphatic hydroxyl groups excluding tert-OH is 1. The molecular weight excluding hydrogens is 664 g/mol. The van der Waals surface area contributed by atoms with Gasteiger partial charge >= 0.3 is 6.09 Å². The summed E-state index contributed by atoms with van der Waals surface area (Å²) in [7, 11) is -4.07. The average Bonchev–Trinajstić information content (AvgIpc) is 3.69. The normalized spacial score (nSPS) is 26.2. The Morgan fingerprint density at radius 1 is 1.15 bits per heavy atom. The molecule has 1 aliphatic carbocycles. The molecule has 4 fully saturated rings. The third-order valence-electron chi connectivity index (χ3n) is 9.21. The molecule has 1 amide bonds. The van der Waals surface area contributed by atoms with Crippen LogP contribution in [0.15, 0.2) is 47.4 Å². The van der Waals surface area contributed by atoms with Crippen molar-refractivity contribution in [1.29, 1.82) is 0 Å². The zero-order valence-corrected chi connectivity index (χ0v) is 28.4.